The Morgan fingerprint density at radius 2 is 1.94 bits per heavy atom. The van der Waals surface area contributed by atoms with Gasteiger partial charge in [0.1, 0.15) is 5.92 Å². The molecule has 0 bridgehead atoms. The number of aliphatic carboxylic acids is 1. The first kappa shape index (κ1) is 13.6. The van der Waals surface area contributed by atoms with Crippen LogP contribution in [0.2, 0.25) is 0 Å². The van der Waals surface area contributed by atoms with Gasteiger partial charge < -0.3 is 10.2 Å². The molecular weight excluding hydrogens is 296 g/mol. The van der Waals surface area contributed by atoms with Crippen LogP contribution < -0.4 is 0 Å². The molecule has 1 aromatic carbocycles. The van der Waals surface area contributed by atoms with E-state index in [1.807, 2.05) is 12.1 Å². The molecule has 0 saturated heterocycles. The van der Waals surface area contributed by atoms with Crippen LogP contribution in [0.1, 0.15) is 43.6 Å². The van der Waals surface area contributed by atoms with Crippen molar-refractivity contribution >= 4 is 21.9 Å². The van der Waals surface area contributed by atoms with Gasteiger partial charge in [-0.05, 0) is 30.5 Å². The number of benzene rings is 1. The van der Waals surface area contributed by atoms with Crippen molar-refractivity contribution in [3.05, 3.63) is 34.3 Å². The molecule has 0 amide bonds. The van der Waals surface area contributed by atoms with Crippen LogP contribution in [-0.2, 0) is 4.79 Å². The molecule has 1 atom stereocenters. The lowest BCUT2D eigenvalue weighted by atomic mass is 9.73. The average molecular weight is 313 g/mol. The Labute approximate surface area is 115 Å². The topological polar surface area (TPSA) is 57.5 Å². The number of carboxylic acids is 1. The highest BCUT2D eigenvalue weighted by Gasteiger charge is 2.43. The lowest BCUT2D eigenvalue weighted by Crippen LogP contribution is -2.42. The van der Waals surface area contributed by atoms with Crippen molar-refractivity contribution in [2.24, 2.45) is 0 Å². The van der Waals surface area contributed by atoms with E-state index in [0.29, 0.717) is 18.4 Å². The molecule has 1 saturated carbocycles. The molecule has 0 aromatic heterocycles. The van der Waals surface area contributed by atoms with Gasteiger partial charge in [0.2, 0.25) is 0 Å². The molecule has 1 aliphatic carbocycles. The third-order valence-electron chi connectivity index (χ3n) is 3.69. The number of halogens is 1. The summed E-state index contributed by atoms with van der Waals surface area (Å²) in [6.45, 7) is 0. The maximum atomic E-state index is 11.5. The van der Waals surface area contributed by atoms with Crippen LogP contribution in [0.3, 0.4) is 0 Å². The van der Waals surface area contributed by atoms with Crippen LogP contribution in [-0.4, -0.2) is 21.8 Å². The van der Waals surface area contributed by atoms with E-state index in [2.05, 4.69) is 15.9 Å². The quantitative estimate of drug-likeness (QED) is 0.900. The predicted molar refractivity (Wildman–Crippen MR) is 72.6 cm³/mol. The molecule has 2 N–H and O–H groups in total. The Hall–Kier alpha value is -0.870. The molecule has 1 aliphatic rings. The van der Waals surface area contributed by atoms with E-state index in [4.69, 9.17) is 0 Å². The van der Waals surface area contributed by atoms with Gasteiger partial charge in [0.25, 0.3) is 0 Å². The molecule has 0 radical (unpaired) electrons. The van der Waals surface area contributed by atoms with Crippen molar-refractivity contribution in [1.29, 1.82) is 0 Å². The largest absolute Gasteiger partial charge is 0.481 e. The second-order valence-corrected chi connectivity index (χ2v) is 5.91. The summed E-state index contributed by atoms with van der Waals surface area (Å²) in [5.74, 6) is -1.78. The number of rotatable bonds is 3. The molecule has 4 heteroatoms. The van der Waals surface area contributed by atoms with Gasteiger partial charge in [-0.25, -0.2) is 0 Å². The summed E-state index contributed by atoms with van der Waals surface area (Å²) in [5, 5.41) is 20.1. The first-order chi connectivity index (χ1) is 8.53. The molecule has 0 spiro atoms. The summed E-state index contributed by atoms with van der Waals surface area (Å²) in [6.07, 6.45) is 4.00. The van der Waals surface area contributed by atoms with Gasteiger partial charge in [0.15, 0.2) is 0 Å². The summed E-state index contributed by atoms with van der Waals surface area (Å²) < 4.78 is 0.839. The van der Waals surface area contributed by atoms with Crippen LogP contribution >= 0.6 is 15.9 Å². The van der Waals surface area contributed by atoms with Gasteiger partial charge in [-0.2, -0.15) is 0 Å². The summed E-state index contributed by atoms with van der Waals surface area (Å²) in [5.41, 5.74) is -0.438. The van der Waals surface area contributed by atoms with Gasteiger partial charge in [-0.15, -0.1) is 0 Å². The lowest BCUT2D eigenvalue weighted by Gasteiger charge is -2.37. The van der Waals surface area contributed by atoms with Crippen molar-refractivity contribution in [1.82, 2.24) is 0 Å². The van der Waals surface area contributed by atoms with E-state index in [1.165, 1.54) is 0 Å². The van der Waals surface area contributed by atoms with E-state index in [-0.39, 0.29) is 0 Å². The minimum absolute atomic E-state index is 0.566. The Morgan fingerprint density at radius 1 is 1.28 bits per heavy atom. The number of carbonyl (C=O) groups is 1. The number of hydrogen-bond donors (Lipinski definition) is 2. The van der Waals surface area contributed by atoms with E-state index in [9.17, 15) is 15.0 Å². The molecule has 0 aliphatic heterocycles. The first-order valence-electron chi connectivity index (χ1n) is 6.23. The van der Waals surface area contributed by atoms with E-state index in [0.717, 1.165) is 23.7 Å². The molecule has 3 nitrogen and oxygen atoms in total. The number of aliphatic hydroxyl groups is 1. The smallest absolute Gasteiger partial charge is 0.313 e. The number of carboxylic acid groups (broad SMARTS) is 1. The Balaban J connectivity index is 2.36. The summed E-state index contributed by atoms with van der Waals surface area (Å²) in [6, 6.07) is 7.22. The third kappa shape index (κ3) is 2.75. The molecule has 98 valence electrons. The Bertz CT molecular complexity index is 438. The third-order valence-corrected chi connectivity index (χ3v) is 4.18. The first-order valence-corrected chi connectivity index (χ1v) is 7.03. The van der Waals surface area contributed by atoms with Crippen LogP contribution in [0.4, 0.5) is 0 Å². The standard InChI is InChI=1S/C14H17BrO3/c15-11-6-4-5-10(9-11)12(13(16)17)14(18)7-2-1-3-8-14/h4-6,9,12,18H,1-3,7-8H2,(H,16,17). The fourth-order valence-electron chi connectivity index (χ4n) is 2.82. The Morgan fingerprint density at radius 3 is 2.50 bits per heavy atom. The van der Waals surface area contributed by atoms with Gasteiger partial charge in [-0.1, -0.05) is 47.3 Å². The van der Waals surface area contributed by atoms with Crippen LogP contribution in [0.5, 0.6) is 0 Å². The van der Waals surface area contributed by atoms with Gasteiger partial charge >= 0.3 is 5.97 Å². The van der Waals surface area contributed by atoms with Crippen molar-refractivity contribution in [2.45, 2.75) is 43.6 Å². The minimum atomic E-state index is -1.11. The molecule has 0 heterocycles. The summed E-state index contributed by atoms with van der Waals surface area (Å²) in [4.78, 5) is 11.5. The summed E-state index contributed by atoms with van der Waals surface area (Å²) >= 11 is 3.35. The number of hydrogen-bond acceptors (Lipinski definition) is 2. The maximum absolute atomic E-state index is 11.5. The van der Waals surface area contributed by atoms with Crippen LogP contribution in [0.25, 0.3) is 0 Å². The second kappa shape index (κ2) is 5.41. The minimum Gasteiger partial charge on any atom is -0.481 e. The zero-order chi connectivity index (χ0) is 13.2. The molecule has 2 rings (SSSR count). The average Bonchev–Trinajstić information content (AvgIpc) is 2.29. The van der Waals surface area contributed by atoms with Crippen LogP contribution in [0.15, 0.2) is 28.7 Å². The fraction of sp³-hybridized carbons (Fsp3) is 0.500. The van der Waals surface area contributed by atoms with Crippen molar-refractivity contribution in [3.8, 4) is 0 Å². The van der Waals surface area contributed by atoms with E-state index < -0.39 is 17.5 Å². The van der Waals surface area contributed by atoms with Crippen molar-refractivity contribution in [2.75, 3.05) is 0 Å². The highest BCUT2D eigenvalue weighted by Crippen LogP contribution is 2.40. The summed E-state index contributed by atoms with van der Waals surface area (Å²) in [7, 11) is 0. The van der Waals surface area contributed by atoms with Gasteiger partial charge in [0.05, 0.1) is 5.60 Å². The normalized spacial score (nSPS) is 20.3. The zero-order valence-corrected chi connectivity index (χ0v) is 11.7. The van der Waals surface area contributed by atoms with Gasteiger partial charge in [0, 0.05) is 4.47 Å². The predicted octanol–water partition coefficient (Wildman–Crippen LogP) is 3.31. The SMILES string of the molecule is O=C(O)C(c1cccc(Br)c1)C1(O)CCCCC1. The second-order valence-electron chi connectivity index (χ2n) is 4.99. The van der Waals surface area contributed by atoms with E-state index in [1.54, 1.807) is 12.1 Å². The molecular formula is C14H17BrO3. The molecule has 1 unspecified atom stereocenters. The van der Waals surface area contributed by atoms with Crippen LogP contribution in [0, 0.1) is 0 Å². The van der Waals surface area contributed by atoms with Crippen molar-refractivity contribution in [3.63, 3.8) is 0 Å². The molecule has 1 aromatic rings. The van der Waals surface area contributed by atoms with E-state index >= 15 is 0 Å². The lowest BCUT2D eigenvalue weighted by molar-refractivity contribution is -0.147. The highest BCUT2D eigenvalue weighted by molar-refractivity contribution is 9.10. The maximum Gasteiger partial charge on any atom is 0.313 e. The zero-order valence-electron chi connectivity index (χ0n) is 10.1. The fourth-order valence-corrected chi connectivity index (χ4v) is 3.24. The molecule has 18 heavy (non-hydrogen) atoms. The highest BCUT2D eigenvalue weighted by atomic mass is 79.9. The monoisotopic (exact) mass is 312 g/mol. The Kier molecular flexibility index (Phi) is 4.07. The van der Waals surface area contributed by atoms with Gasteiger partial charge in [-0.3, -0.25) is 4.79 Å². The van der Waals surface area contributed by atoms with Crippen molar-refractivity contribution < 1.29 is 15.0 Å². The molecule has 1 fully saturated rings.